The van der Waals surface area contributed by atoms with Crippen molar-refractivity contribution < 1.29 is 17.5 Å². The van der Waals surface area contributed by atoms with Crippen LogP contribution in [0.15, 0.2) is 53.4 Å². The van der Waals surface area contributed by atoms with Gasteiger partial charge in [-0.1, -0.05) is 18.2 Å². The van der Waals surface area contributed by atoms with Gasteiger partial charge >= 0.3 is 0 Å². The van der Waals surface area contributed by atoms with E-state index in [-0.39, 0.29) is 11.4 Å². The minimum atomic E-state index is -3.68. The molecule has 21 heavy (non-hydrogen) atoms. The third-order valence-corrected chi connectivity index (χ3v) is 4.27. The molecule has 0 bridgehead atoms. The zero-order valence-corrected chi connectivity index (χ0v) is 12.4. The van der Waals surface area contributed by atoms with Crippen molar-refractivity contribution in [3.05, 3.63) is 59.9 Å². The number of sulfonamides is 1. The van der Waals surface area contributed by atoms with Crippen molar-refractivity contribution in [1.82, 2.24) is 4.72 Å². The van der Waals surface area contributed by atoms with E-state index in [4.69, 9.17) is 4.74 Å². The lowest BCUT2D eigenvalue weighted by atomic mass is 10.2. The van der Waals surface area contributed by atoms with E-state index in [9.17, 15) is 12.8 Å². The number of hydrogen-bond acceptors (Lipinski definition) is 3. The number of ether oxygens (including phenoxy) is 1. The third-order valence-electron chi connectivity index (χ3n) is 2.86. The highest BCUT2D eigenvalue weighted by Crippen LogP contribution is 2.16. The van der Waals surface area contributed by atoms with E-state index >= 15 is 0 Å². The molecule has 0 aliphatic rings. The molecule has 0 radical (unpaired) electrons. The Morgan fingerprint density at radius 2 is 1.76 bits per heavy atom. The smallest absolute Gasteiger partial charge is 0.240 e. The maximum atomic E-state index is 13.5. The van der Waals surface area contributed by atoms with Gasteiger partial charge in [0, 0.05) is 12.1 Å². The zero-order valence-electron chi connectivity index (χ0n) is 11.5. The summed E-state index contributed by atoms with van der Waals surface area (Å²) in [5.74, 6) is 0.164. The first-order chi connectivity index (χ1) is 10.0. The van der Waals surface area contributed by atoms with Gasteiger partial charge in [-0.05, 0) is 37.3 Å². The van der Waals surface area contributed by atoms with Crippen LogP contribution in [0.25, 0.3) is 0 Å². The summed E-state index contributed by atoms with van der Waals surface area (Å²) in [6.07, 6.45) is 0. The van der Waals surface area contributed by atoms with Crippen LogP contribution in [0.1, 0.15) is 12.5 Å². The van der Waals surface area contributed by atoms with Crippen molar-refractivity contribution in [2.45, 2.75) is 18.4 Å². The lowest BCUT2D eigenvalue weighted by Crippen LogP contribution is -2.23. The first kappa shape index (κ1) is 15.5. The molecule has 0 heterocycles. The van der Waals surface area contributed by atoms with E-state index < -0.39 is 15.8 Å². The Hall–Kier alpha value is -1.92. The molecule has 1 N–H and O–H groups in total. The second-order valence-electron chi connectivity index (χ2n) is 4.32. The quantitative estimate of drug-likeness (QED) is 0.892. The Morgan fingerprint density at radius 1 is 1.10 bits per heavy atom. The summed E-state index contributed by atoms with van der Waals surface area (Å²) in [6.45, 7) is 2.26. The fourth-order valence-electron chi connectivity index (χ4n) is 1.78. The topological polar surface area (TPSA) is 55.4 Å². The Morgan fingerprint density at radius 3 is 2.38 bits per heavy atom. The minimum absolute atomic E-state index is 0.0950. The molecular weight excluding hydrogens is 293 g/mol. The largest absolute Gasteiger partial charge is 0.494 e. The highest BCUT2D eigenvalue weighted by molar-refractivity contribution is 7.89. The average molecular weight is 309 g/mol. The van der Waals surface area contributed by atoms with Gasteiger partial charge in [0.25, 0.3) is 0 Å². The maximum absolute atomic E-state index is 13.5. The third kappa shape index (κ3) is 4.03. The van der Waals surface area contributed by atoms with Gasteiger partial charge in [-0.25, -0.2) is 17.5 Å². The van der Waals surface area contributed by atoms with Gasteiger partial charge in [-0.2, -0.15) is 0 Å². The van der Waals surface area contributed by atoms with Gasteiger partial charge in [0.1, 0.15) is 11.6 Å². The van der Waals surface area contributed by atoms with E-state index in [1.807, 2.05) is 6.92 Å². The molecule has 0 unspecified atom stereocenters. The highest BCUT2D eigenvalue weighted by atomic mass is 32.2. The van der Waals surface area contributed by atoms with E-state index in [2.05, 4.69) is 4.72 Å². The fourth-order valence-corrected chi connectivity index (χ4v) is 2.79. The minimum Gasteiger partial charge on any atom is -0.494 e. The number of rotatable bonds is 6. The van der Waals surface area contributed by atoms with Gasteiger partial charge in [0.2, 0.25) is 10.0 Å². The molecule has 0 saturated carbocycles. The van der Waals surface area contributed by atoms with Crippen LogP contribution >= 0.6 is 0 Å². The summed E-state index contributed by atoms with van der Waals surface area (Å²) in [5, 5.41) is 0. The van der Waals surface area contributed by atoms with Crippen LogP contribution in [-0.4, -0.2) is 15.0 Å². The maximum Gasteiger partial charge on any atom is 0.240 e. The Kier molecular flexibility index (Phi) is 4.93. The molecule has 0 amide bonds. The SMILES string of the molecule is CCOc1ccc(S(=O)(=O)NCc2ccccc2F)cc1. The molecule has 2 rings (SSSR count). The van der Waals surface area contributed by atoms with Crippen molar-refractivity contribution in [2.75, 3.05) is 6.61 Å². The lowest BCUT2D eigenvalue weighted by molar-refractivity contribution is 0.340. The summed E-state index contributed by atoms with van der Waals surface area (Å²) >= 11 is 0. The molecule has 0 fully saturated rings. The summed E-state index contributed by atoms with van der Waals surface area (Å²) in [6, 6.07) is 12.1. The molecule has 0 saturated heterocycles. The number of hydrogen-bond donors (Lipinski definition) is 1. The Labute approximate surface area is 123 Å². The Bertz CT molecular complexity index is 699. The molecule has 2 aromatic carbocycles. The average Bonchev–Trinajstić information content (AvgIpc) is 2.47. The lowest BCUT2D eigenvalue weighted by Gasteiger charge is -2.08. The van der Waals surface area contributed by atoms with Crippen LogP contribution in [0.4, 0.5) is 4.39 Å². The van der Waals surface area contributed by atoms with E-state index in [1.165, 1.54) is 24.3 Å². The van der Waals surface area contributed by atoms with E-state index in [0.29, 0.717) is 17.9 Å². The first-order valence-electron chi connectivity index (χ1n) is 6.49. The predicted octanol–water partition coefficient (Wildman–Crippen LogP) is 2.70. The van der Waals surface area contributed by atoms with E-state index in [0.717, 1.165) is 0 Å². The number of nitrogens with one attached hydrogen (secondary N) is 1. The number of benzene rings is 2. The molecule has 0 spiro atoms. The van der Waals surface area contributed by atoms with Gasteiger partial charge < -0.3 is 4.74 Å². The summed E-state index contributed by atoms with van der Waals surface area (Å²) < 4.78 is 45.3. The Balaban J connectivity index is 2.09. The van der Waals surface area contributed by atoms with Crippen LogP contribution in [-0.2, 0) is 16.6 Å². The van der Waals surface area contributed by atoms with Crippen molar-refractivity contribution in [2.24, 2.45) is 0 Å². The molecule has 112 valence electrons. The monoisotopic (exact) mass is 309 g/mol. The number of halogens is 1. The summed E-state index contributed by atoms with van der Waals surface area (Å²) in [7, 11) is -3.68. The van der Waals surface area contributed by atoms with Crippen LogP contribution in [0.2, 0.25) is 0 Å². The molecule has 0 aromatic heterocycles. The molecule has 0 atom stereocenters. The molecule has 4 nitrogen and oxygen atoms in total. The molecule has 6 heteroatoms. The van der Waals surface area contributed by atoms with Gasteiger partial charge in [0.05, 0.1) is 11.5 Å². The predicted molar refractivity (Wildman–Crippen MR) is 78.0 cm³/mol. The van der Waals surface area contributed by atoms with Crippen LogP contribution in [0.5, 0.6) is 5.75 Å². The van der Waals surface area contributed by atoms with Crippen LogP contribution < -0.4 is 9.46 Å². The van der Waals surface area contributed by atoms with Crippen molar-refractivity contribution in [3.63, 3.8) is 0 Å². The molecule has 2 aromatic rings. The molecule has 0 aliphatic carbocycles. The van der Waals surface area contributed by atoms with E-state index in [1.54, 1.807) is 24.3 Å². The second kappa shape index (κ2) is 6.69. The van der Waals surface area contributed by atoms with Crippen molar-refractivity contribution in [3.8, 4) is 5.75 Å². The second-order valence-corrected chi connectivity index (χ2v) is 6.09. The first-order valence-corrected chi connectivity index (χ1v) is 7.97. The standard InChI is InChI=1S/C15H16FNO3S/c1-2-20-13-7-9-14(10-8-13)21(18,19)17-11-12-5-3-4-6-15(12)16/h3-10,17H,2,11H2,1H3. The van der Waals surface area contributed by atoms with Gasteiger partial charge in [0.15, 0.2) is 0 Å². The highest BCUT2D eigenvalue weighted by Gasteiger charge is 2.14. The van der Waals surface area contributed by atoms with Gasteiger partial charge in [-0.15, -0.1) is 0 Å². The van der Waals surface area contributed by atoms with Crippen molar-refractivity contribution >= 4 is 10.0 Å². The van der Waals surface area contributed by atoms with Crippen LogP contribution in [0, 0.1) is 5.82 Å². The molecular formula is C15H16FNO3S. The zero-order chi connectivity index (χ0) is 15.3. The molecule has 0 aliphatic heterocycles. The normalized spacial score (nSPS) is 11.3. The van der Waals surface area contributed by atoms with Crippen LogP contribution in [0.3, 0.4) is 0 Å². The van der Waals surface area contributed by atoms with Crippen molar-refractivity contribution in [1.29, 1.82) is 0 Å². The summed E-state index contributed by atoms with van der Waals surface area (Å²) in [5.41, 5.74) is 0.298. The fraction of sp³-hybridized carbons (Fsp3) is 0.200. The van der Waals surface area contributed by atoms with Gasteiger partial charge in [-0.3, -0.25) is 0 Å². The summed E-state index contributed by atoms with van der Waals surface area (Å²) in [4.78, 5) is 0.113.